The van der Waals surface area contributed by atoms with Crippen LogP contribution in [0.5, 0.6) is 0 Å². The van der Waals surface area contributed by atoms with Gasteiger partial charge >= 0.3 is 0 Å². The molecule has 528 valence electrons. The maximum absolute atomic E-state index is 11.4. The van der Waals surface area contributed by atoms with Gasteiger partial charge in [0.25, 0.3) is 0 Å². The lowest BCUT2D eigenvalue weighted by molar-refractivity contribution is 0.0591. The third-order valence-electron chi connectivity index (χ3n) is 19.9. The van der Waals surface area contributed by atoms with Gasteiger partial charge < -0.3 is 30.4 Å². The molecule has 1 rings (SSSR count). The second kappa shape index (κ2) is 66.6. The van der Waals surface area contributed by atoms with Crippen molar-refractivity contribution in [2.45, 2.75) is 405 Å². The SMILES string of the molecule is CCCCCCCCCCC(O)CN(CCCCCCN(CC(O)CCCCCCCCCC)CC(O)CCCCCCCCCC)CCN1CCN(CCCCCCN(CC(O)CCCCCCCCCC)CC(O)CCCCCCCCCC)CC1. The quantitative estimate of drug-likeness (QED) is 0.0377. The van der Waals surface area contributed by atoms with Crippen LogP contribution >= 0.6 is 0 Å². The minimum atomic E-state index is -0.315. The van der Waals surface area contributed by atoms with E-state index in [0.29, 0.717) is 26.2 Å². The molecule has 0 aromatic heterocycles. The molecule has 1 saturated heterocycles. The van der Waals surface area contributed by atoms with Crippen LogP contribution in [0.1, 0.15) is 375 Å². The average Bonchev–Trinajstić information content (AvgIpc) is 3.73. The highest BCUT2D eigenvalue weighted by Gasteiger charge is 2.21. The summed E-state index contributed by atoms with van der Waals surface area (Å²) in [6.45, 7) is 25.8. The molecule has 5 atom stereocenters. The smallest absolute Gasteiger partial charge is 0.0667 e. The lowest BCUT2D eigenvalue weighted by Gasteiger charge is -2.36. The van der Waals surface area contributed by atoms with E-state index in [-0.39, 0.29) is 30.5 Å². The maximum atomic E-state index is 11.4. The first-order valence-corrected chi connectivity index (χ1v) is 40.2. The number of aliphatic hydroxyl groups excluding tert-OH is 5. The second-order valence-electron chi connectivity index (χ2n) is 28.9. The van der Waals surface area contributed by atoms with E-state index in [1.54, 1.807) is 0 Å². The van der Waals surface area contributed by atoms with Crippen LogP contribution in [0.25, 0.3) is 0 Å². The van der Waals surface area contributed by atoms with E-state index in [1.165, 1.54) is 263 Å². The van der Waals surface area contributed by atoms with E-state index in [9.17, 15) is 25.5 Å². The first kappa shape index (κ1) is 85.6. The van der Waals surface area contributed by atoms with Crippen molar-refractivity contribution in [2.75, 3.05) is 98.2 Å². The molecule has 1 fully saturated rings. The fourth-order valence-corrected chi connectivity index (χ4v) is 13.9. The summed E-state index contributed by atoms with van der Waals surface area (Å²) in [5.41, 5.74) is 0. The number of hydrogen-bond donors (Lipinski definition) is 5. The van der Waals surface area contributed by atoms with Crippen molar-refractivity contribution in [1.82, 2.24) is 24.5 Å². The number of piperazine rings is 1. The summed E-state index contributed by atoms with van der Waals surface area (Å²) in [6, 6.07) is 0. The Kier molecular flexibility index (Phi) is 64.8. The molecule has 0 saturated carbocycles. The van der Waals surface area contributed by atoms with Crippen molar-refractivity contribution in [2.24, 2.45) is 0 Å². The number of unbranched alkanes of at least 4 members (excludes halogenated alkanes) is 41. The summed E-state index contributed by atoms with van der Waals surface area (Å²) in [7, 11) is 0. The molecule has 0 radical (unpaired) electrons. The zero-order chi connectivity index (χ0) is 63.9. The molecule has 10 heteroatoms. The number of rotatable bonds is 72. The van der Waals surface area contributed by atoms with Gasteiger partial charge in [0.15, 0.2) is 0 Å². The van der Waals surface area contributed by atoms with Gasteiger partial charge in [0.05, 0.1) is 30.5 Å². The molecule has 1 aliphatic heterocycles. The summed E-state index contributed by atoms with van der Waals surface area (Å²) in [5.74, 6) is 0. The topological polar surface area (TPSA) is 117 Å². The minimum Gasteiger partial charge on any atom is -0.392 e. The van der Waals surface area contributed by atoms with Crippen molar-refractivity contribution in [3.8, 4) is 0 Å². The van der Waals surface area contributed by atoms with Crippen molar-refractivity contribution in [1.29, 1.82) is 0 Å². The molecule has 0 aliphatic carbocycles. The summed E-state index contributed by atoms with van der Waals surface area (Å²) in [6.07, 6.45) is 64.0. The van der Waals surface area contributed by atoms with Crippen LogP contribution < -0.4 is 0 Å². The predicted molar refractivity (Wildman–Crippen MR) is 385 cm³/mol. The van der Waals surface area contributed by atoms with Gasteiger partial charge in [-0.25, -0.2) is 0 Å². The lowest BCUT2D eigenvalue weighted by Crippen LogP contribution is -2.49. The van der Waals surface area contributed by atoms with E-state index < -0.39 is 0 Å². The molecule has 0 bridgehead atoms. The van der Waals surface area contributed by atoms with Crippen LogP contribution in [0.4, 0.5) is 0 Å². The second-order valence-corrected chi connectivity index (χ2v) is 28.9. The average molecular weight is 1250 g/mol. The Bertz CT molecular complexity index is 1290. The molecule has 88 heavy (non-hydrogen) atoms. The van der Waals surface area contributed by atoms with Gasteiger partial charge in [0.1, 0.15) is 0 Å². The van der Waals surface area contributed by atoms with Crippen molar-refractivity contribution < 1.29 is 25.5 Å². The number of aliphatic hydroxyl groups is 5. The summed E-state index contributed by atoms with van der Waals surface area (Å²) in [5, 5.41) is 56.1. The summed E-state index contributed by atoms with van der Waals surface area (Å²) < 4.78 is 0. The number of nitrogens with zero attached hydrogens (tertiary/aromatic N) is 5. The van der Waals surface area contributed by atoms with Crippen LogP contribution in [0.3, 0.4) is 0 Å². The minimum absolute atomic E-state index is 0.254. The fourth-order valence-electron chi connectivity index (χ4n) is 13.9. The first-order valence-electron chi connectivity index (χ1n) is 40.2. The Balaban J connectivity index is 2.68. The zero-order valence-electron chi connectivity index (χ0n) is 60.4. The molecule has 1 heterocycles. The largest absolute Gasteiger partial charge is 0.392 e. The van der Waals surface area contributed by atoms with Crippen molar-refractivity contribution in [3.63, 3.8) is 0 Å². The van der Waals surface area contributed by atoms with E-state index in [4.69, 9.17) is 0 Å². The molecule has 5 N–H and O–H groups in total. The molecule has 0 aromatic rings. The highest BCUT2D eigenvalue weighted by Crippen LogP contribution is 2.19. The molecule has 0 spiro atoms. The molecule has 10 nitrogen and oxygen atoms in total. The zero-order valence-corrected chi connectivity index (χ0v) is 60.4. The van der Waals surface area contributed by atoms with Crippen LogP contribution in [0.15, 0.2) is 0 Å². The Morgan fingerprint density at radius 1 is 0.216 bits per heavy atom. The van der Waals surface area contributed by atoms with Gasteiger partial charge in [0.2, 0.25) is 0 Å². The Morgan fingerprint density at radius 3 is 0.670 bits per heavy atom. The third kappa shape index (κ3) is 58.2. The van der Waals surface area contributed by atoms with Crippen LogP contribution in [0, 0.1) is 0 Å². The molecule has 0 aromatic carbocycles. The Hall–Kier alpha value is -0.400. The lowest BCUT2D eigenvalue weighted by atomic mass is 10.0. The van der Waals surface area contributed by atoms with Crippen LogP contribution in [-0.4, -0.2) is 179 Å². The highest BCUT2D eigenvalue weighted by atomic mass is 16.3. The Labute approximate surface area is 551 Å². The van der Waals surface area contributed by atoms with Crippen molar-refractivity contribution in [3.05, 3.63) is 0 Å². The molecular formula is C78H161N5O5. The van der Waals surface area contributed by atoms with Crippen LogP contribution in [-0.2, 0) is 0 Å². The summed E-state index contributed by atoms with van der Waals surface area (Å²) >= 11 is 0. The monoisotopic (exact) mass is 1250 g/mol. The van der Waals surface area contributed by atoms with Gasteiger partial charge in [-0.1, -0.05) is 317 Å². The van der Waals surface area contributed by atoms with E-state index in [0.717, 1.165) is 149 Å². The van der Waals surface area contributed by atoms with Crippen LogP contribution in [0.2, 0.25) is 0 Å². The Morgan fingerprint density at radius 2 is 0.409 bits per heavy atom. The number of hydrogen-bond acceptors (Lipinski definition) is 10. The van der Waals surface area contributed by atoms with Gasteiger partial charge in [-0.2, -0.15) is 0 Å². The van der Waals surface area contributed by atoms with Gasteiger partial charge in [-0.05, 0) is 84.0 Å². The summed E-state index contributed by atoms with van der Waals surface area (Å²) in [4.78, 5) is 12.8. The fraction of sp³-hybridized carbons (Fsp3) is 1.00. The predicted octanol–water partition coefficient (Wildman–Crippen LogP) is 19.1. The van der Waals surface area contributed by atoms with Gasteiger partial charge in [0, 0.05) is 72.0 Å². The van der Waals surface area contributed by atoms with E-state index in [2.05, 4.69) is 59.1 Å². The van der Waals surface area contributed by atoms with E-state index >= 15 is 0 Å². The van der Waals surface area contributed by atoms with Gasteiger partial charge in [-0.3, -0.25) is 19.6 Å². The molecular weight excluding hydrogens is 1090 g/mol. The van der Waals surface area contributed by atoms with Crippen molar-refractivity contribution >= 4 is 0 Å². The molecule has 1 aliphatic rings. The molecule has 0 amide bonds. The standard InChI is InChI=1S/C78H161N5O5/c1-6-11-16-21-26-31-36-45-54-74(84)69-81(60-51-42-44-53-62-83(72-77(87)57-48-39-34-29-24-19-14-9-4)73-78(88)58-49-40-35-30-25-20-15-10-5)68-67-80-65-63-79(64-66-80)59-50-41-43-52-61-82(70-75(85)55-46-37-32-27-22-17-12-7-2)71-76(86)56-47-38-33-28-23-18-13-8-3/h74-78,84-88H,6-73H2,1-5H3. The molecule has 5 unspecified atom stereocenters. The highest BCUT2D eigenvalue weighted by molar-refractivity contribution is 4.76. The first-order chi connectivity index (χ1) is 43.1. The third-order valence-corrected chi connectivity index (χ3v) is 19.9. The maximum Gasteiger partial charge on any atom is 0.0667 e. The van der Waals surface area contributed by atoms with E-state index in [1.807, 2.05) is 0 Å². The van der Waals surface area contributed by atoms with Gasteiger partial charge in [-0.15, -0.1) is 0 Å². The normalized spacial score (nSPS) is 15.4.